The van der Waals surface area contributed by atoms with Crippen molar-refractivity contribution in [2.75, 3.05) is 6.54 Å². The summed E-state index contributed by atoms with van der Waals surface area (Å²) in [5.41, 5.74) is 2.22. The molecule has 0 amide bonds. The maximum absolute atomic E-state index is 12.1. The number of hydrogen-bond acceptors (Lipinski definition) is 4. The van der Waals surface area contributed by atoms with Crippen LogP contribution in [0.15, 0.2) is 30.0 Å². The molecule has 1 aromatic rings. The molecular formula is C24H31NO3. The van der Waals surface area contributed by atoms with Crippen molar-refractivity contribution in [1.82, 2.24) is 4.90 Å². The molecule has 1 aromatic carbocycles. The molecule has 2 heterocycles. The monoisotopic (exact) mass is 381 g/mol. The van der Waals surface area contributed by atoms with Gasteiger partial charge in [0.2, 0.25) is 0 Å². The Kier molecular flexibility index (Phi) is 5.47. The molecule has 1 fully saturated rings. The van der Waals surface area contributed by atoms with Crippen LogP contribution in [0.2, 0.25) is 0 Å². The van der Waals surface area contributed by atoms with E-state index in [0.717, 1.165) is 55.2 Å². The van der Waals surface area contributed by atoms with Gasteiger partial charge in [0.25, 0.3) is 0 Å². The second kappa shape index (κ2) is 8.02. The van der Waals surface area contributed by atoms with Gasteiger partial charge < -0.3 is 14.7 Å². The van der Waals surface area contributed by atoms with E-state index < -0.39 is 0 Å². The molecule has 1 saturated carbocycles. The minimum absolute atomic E-state index is 0.0204. The Labute approximate surface area is 167 Å². The molecule has 0 radical (unpaired) electrons. The van der Waals surface area contributed by atoms with E-state index in [9.17, 15) is 9.90 Å². The zero-order valence-electron chi connectivity index (χ0n) is 17.0. The summed E-state index contributed by atoms with van der Waals surface area (Å²) in [5, 5.41) is 12.9. The highest BCUT2D eigenvalue weighted by Gasteiger charge is 2.35. The van der Waals surface area contributed by atoms with Crippen LogP contribution in [-0.2, 0) is 4.79 Å². The first-order valence-corrected chi connectivity index (χ1v) is 10.9. The Hall–Kier alpha value is -2.23. The van der Waals surface area contributed by atoms with Crippen LogP contribution in [0.3, 0.4) is 0 Å². The quantitative estimate of drug-likeness (QED) is 0.818. The van der Waals surface area contributed by atoms with E-state index in [1.807, 2.05) is 0 Å². The molecule has 3 aliphatic rings. The molecule has 0 aromatic heterocycles. The molecule has 0 unspecified atom stereocenters. The lowest BCUT2D eigenvalue weighted by Gasteiger charge is -2.42. The lowest BCUT2D eigenvalue weighted by Crippen LogP contribution is -2.52. The summed E-state index contributed by atoms with van der Waals surface area (Å²) in [7, 11) is 0. The lowest BCUT2D eigenvalue weighted by molar-refractivity contribution is -0.115. The first-order chi connectivity index (χ1) is 13.6. The first-order valence-electron chi connectivity index (χ1n) is 10.9. The number of aliphatic hydroxyl groups excluding tert-OH is 1. The zero-order valence-corrected chi connectivity index (χ0v) is 17.0. The minimum Gasteiger partial charge on any atom is -0.506 e. The highest BCUT2D eigenvalue weighted by atomic mass is 16.5. The number of ether oxygens (including phenoxy) is 1. The van der Waals surface area contributed by atoms with Crippen LogP contribution < -0.4 is 15.2 Å². The van der Waals surface area contributed by atoms with Gasteiger partial charge in [0, 0.05) is 11.3 Å². The summed E-state index contributed by atoms with van der Waals surface area (Å²) < 4.78 is 6.32. The van der Waals surface area contributed by atoms with Gasteiger partial charge in [0.1, 0.15) is 11.5 Å². The smallest absolute Gasteiger partial charge is 0.178 e. The Morgan fingerprint density at radius 3 is 2.71 bits per heavy atom. The fourth-order valence-corrected chi connectivity index (χ4v) is 5.04. The molecule has 0 spiro atoms. The highest BCUT2D eigenvalue weighted by Crippen LogP contribution is 2.35. The van der Waals surface area contributed by atoms with Crippen LogP contribution in [0.4, 0.5) is 0 Å². The predicted molar refractivity (Wildman–Crippen MR) is 111 cm³/mol. The number of carbonyl (C=O) groups excluding carboxylic acids is 1. The van der Waals surface area contributed by atoms with Crippen LogP contribution >= 0.6 is 0 Å². The summed E-state index contributed by atoms with van der Waals surface area (Å²) in [6.07, 6.45) is 10.4. The van der Waals surface area contributed by atoms with Crippen molar-refractivity contribution in [1.29, 1.82) is 0 Å². The standard InChI is InChI=1S/C24H31NO3/c1-3-7-17(8-4-2)28-18-11-12-19-20-9-5-6-10-22(20)25-15-16(26)13-23(27)24(25)21(19)14-18/h11-14,17,22,27H,3-10,15H2,1-2H3/t22-/m0/s1. The summed E-state index contributed by atoms with van der Waals surface area (Å²) in [4.78, 5) is 14.3. The van der Waals surface area contributed by atoms with Gasteiger partial charge in [-0.2, -0.15) is 0 Å². The second-order valence-electron chi connectivity index (χ2n) is 8.28. The Morgan fingerprint density at radius 1 is 1.18 bits per heavy atom. The van der Waals surface area contributed by atoms with E-state index in [1.54, 1.807) is 0 Å². The van der Waals surface area contributed by atoms with E-state index in [-0.39, 0.29) is 23.7 Å². The maximum atomic E-state index is 12.1. The number of nitrogens with zero attached hydrogens (tertiary/aromatic N) is 1. The van der Waals surface area contributed by atoms with E-state index in [4.69, 9.17) is 4.74 Å². The Balaban J connectivity index is 1.84. The number of carbonyl (C=O) groups is 1. The SMILES string of the molecule is CCCC(CCC)Oc1ccc2c(c1)=C1C(O)=CC(=O)CN1[C@H]1CCCCC=21. The van der Waals surface area contributed by atoms with Crippen molar-refractivity contribution in [2.45, 2.75) is 77.4 Å². The van der Waals surface area contributed by atoms with Crippen LogP contribution in [0.1, 0.15) is 65.2 Å². The molecule has 28 heavy (non-hydrogen) atoms. The fraction of sp³-hybridized carbons (Fsp3) is 0.542. The van der Waals surface area contributed by atoms with Gasteiger partial charge in [0.05, 0.1) is 24.4 Å². The van der Waals surface area contributed by atoms with E-state index in [1.165, 1.54) is 29.7 Å². The van der Waals surface area contributed by atoms with E-state index >= 15 is 0 Å². The summed E-state index contributed by atoms with van der Waals surface area (Å²) in [6.45, 7) is 4.73. The van der Waals surface area contributed by atoms with Gasteiger partial charge in [-0.3, -0.25) is 4.79 Å². The lowest BCUT2D eigenvalue weighted by atomic mass is 9.83. The third-order valence-corrected chi connectivity index (χ3v) is 6.22. The van der Waals surface area contributed by atoms with Crippen molar-refractivity contribution in [3.05, 3.63) is 40.5 Å². The van der Waals surface area contributed by atoms with Gasteiger partial charge in [-0.15, -0.1) is 0 Å². The van der Waals surface area contributed by atoms with Crippen molar-refractivity contribution >= 4 is 17.1 Å². The van der Waals surface area contributed by atoms with Gasteiger partial charge in [0.15, 0.2) is 5.78 Å². The summed E-state index contributed by atoms with van der Waals surface area (Å²) >= 11 is 0. The van der Waals surface area contributed by atoms with Crippen molar-refractivity contribution in [2.24, 2.45) is 0 Å². The Morgan fingerprint density at radius 2 is 1.96 bits per heavy atom. The van der Waals surface area contributed by atoms with Gasteiger partial charge in [-0.05, 0) is 55.0 Å². The molecule has 4 heteroatoms. The highest BCUT2D eigenvalue weighted by molar-refractivity contribution is 5.97. The topological polar surface area (TPSA) is 49.8 Å². The normalized spacial score (nSPS) is 21.2. The van der Waals surface area contributed by atoms with Crippen molar-refractivity contribution in [3.8, 4) is 5.75 Å². The van der Waals surface area contributed by atoms with E-state index in [0.29, 0.717) is 6.54 Å². The minimum atomic E-state index is -0.0204. The average Bonchev–Trinajstić information content (AvgIpc) is 2.68. The summed E-state index contributed by atoms with van der Waals surface area (Å²) in [6, 6.07) is 6.56. The fourth-order valence-electron chi connectivity index (χ4n) is 5.04. The maximum Gasteiger partial charge on any atom is 0.178 e. The molecule has 1 N–H and O–H groups in total. The van der Waals surface area contributed by atoms with Crippen LogP contribution in [0.5, 0.6) is 5.75 Å². The molecule has 4 rings (SSSR count). The largest absolute Gasteiger partial charge is 0.506 e. The second-order valence-corrected chi connectivity index (χ2v) is 8.28. The third-order valence-electron chi connectivity index (χ3n) is 6.22. The van der Waals surface area contributed by atoms with Crippen LogP contribution in [-0.4, -0.2) is 34.5 Å². The first kappa shape index (κ1) is 19.1. The average molecular weight is 382 g/mol. The number of fused-ring (bicyclic) bond motifs is 4. The van der Waals surface area contributed by atoms with Crippen LogP contribution in [0, 0.1) is 0 Å². The van der Waals surface area contributed by atoms with Crippen LogP contribution in [0.25, 0.3) is 11.3 Å². The number of aliphatic hydroxyl groups is 1. The summed E-state index contributed by atoms with van der Waals surface area (Å²) in [5.74, 6) is 0.934. The number of hydrogen-bond donors (Lipinski definition) is 1. The van der Waals surface area contributed by atoms with Gasteiger partial charge >= 0.3 is 0 Å². The molecule has 0 saturated heterocycles. The number of rotatable bonds is 6. The molecular weight excluding hydrogens is 350 g/mol. The molecule has 150 valence electrons. The number of ketones is 1. The van der Waals surface area contributed by atoms with Crippen molar-refractivity contribution < 1.29 is 14.6 Å². The molecule has 0 bridgehead atoms. The van der Waals surface area contributed by atoms with Crippen molar-refractivity contribution in [3.63, 3.8) is 0 Å². The zero-order chi connectivity index (χ0) is 19.7. The number of benzene rings is 1. The van der Waals surface area contributed by atoms with Gasteiger partial charge in [-0.1, -0.05) is 39.2 Å². The molecule has 1 atom stereocenters. The van der Waals surface area contributed by atoms with E-state index in [2.05, 4.69) is 36.9 Å². The molecule has 4 nitrogen and oxygen atoms in total. The predicted octanol–water partition coefficient (Wildman–Crippen LogP) is 3.58. The molecule has 2 aliphatic heterocycles. The van der Waals surface area contributed by atoms with Gasteiger partial charge in [-0.25, -0.2) is 0 Å². The Bertz CT molecular complexity index is 908. The molecule has 1 aliphatic carbocycles. The third kappa shape index (κ3) is 3.45.